The van der Waals surface area contributed by atoms with Gasteiger partial charge in [-0.25, -0.2) is 9.18 Å². The first-order valence-corrected chi connectivity index (χ1v) is 17.4. The lowest BCUT2D eigenvalue weighted by atomic mass is 9.56. The summed E-state index contributed by atoms with van der Waals surface area (Å²) in [6.45, 7) is 2.92. The maximum atomic E-state index is 14.9. The fraction of sp³-hybridized carbons (Fsp3) is 0.410. The van der Waals surface area contributed by atoms with Crippen molar-refractivity contribution in [3.63, 3.8) is 0 Å². The van der Waals surface area contributed by atoms with Crippen LogP contribution in [0.1, 0.15) is 82.6 Å². The molecule has 0 spiro atoms. The summed E-state index contributed by atoms with van der Waals surface area (Å²) >= 11 is 0. The highest BCUT2D eigenvalue weighted by molar-refractivity contribution is 6.28. The number of halogens is 1. The predicted molar refractivity (Wildman–Crippen MR) is 188 cm³/mol. The Hall–Kier alpha value is -4.98. The number of aliphatic imine (C=N–C) groups is 1. The molecule has 9 atom stereocenters. The number of hydrogen-bond acceptors (Lipinski definition) is 15. The van der Waals surface area contributed by atoms with Crippen LogP contribution in [0.4, 0.5) is 4.39 Å². The van der Waals surface area contributed by atoms with Crippen molar-refractivity contribution in [2.24, 2.45) is 4.99 Å². The Labute approximate surface area is 317 Å². The van der Waals surface area contributed by atoms with E-state index in [1.165, 1.54) is 27.2 Å². The smallest absolute Gasteiger partial charge is 0.339 e. The van der Waals surface area contributed by atoms with Crippen LogP contribution in [0.3, 0.4) is 0 Å². The Bertz CT molecular complexity index is 2260. The van der Waals surface area contributed by atoms with Gasteiger partial charge in [0.15, 0.2) is 28.8 Å². The Balaban J connectivity index is 1.52. The fourth-order valence-electron chi connectivity index (χ4n) is 9.01. The molecule has 7 N–H and O–H groups in total. The number of phenols is 2. The van der Waals surface area contributed by atoms with E-state index in [-0.39, 0.29) is 22.4 Å². The first kappa shape index (κ1) is 39.3. The lowest BCUT2D eigenvalue weighted by molar-refractivity contribution is -0.228. The molecule has 1 aliphatic heterocycles. The van der Waals surface area contributed by atoms with Gasteiger partial charge in [-0.3, -0.25) is 19.4 Å². The number of methoxy groups -OCH3 is 3. The highest BCUT2D eigenvalue weighted by Gasteiger charge is 2.73. The van der Waals surface area contributed by atoms with Crippen LogP contribution in [0.25, 0.3) is 0 Å². The van der Waals surface area contributed by atoms with Crippen molar-refractivity contribution in [3.05, 3.63) is 92.3 Å². The van der Waals surface area contributed by atoms with Crippen LogP contribution in [0.2, 0.25) is 0 Å². The van der Waals surface area contributed by atoms with E-state index in [1.807, 2.05) is 0 Å². The molecule has 17 heteroatoms. The number of aromatic carboxylic acids is 1. The Morgan fingerprint density at radius 2 is 1.59 bits per heavy atom. The second-order valence-electron chi connectivity index (χ2n) is 14.4. The first-order valence-electron chi connectivity index (χ1n) is 17.4. The van der Waals surface area contributed by atoms with Crippen molar-refractivity contribution in [2.45, 2.75) is 80.2 Å². The molecule has 0 amide bonds. The number of aryl methyl sites for hydroxylation is 1. The van der Waals surface area contributed by atoms with E-state index >= 15 is 0 Å². The van der Waals surface area contributed by atoms with Gasteiger partial charge in [-0.15, -0.1) is 0 Å². The standard InChI is InChI=1S/C39H38FNO15/c1-14-10-16-11-23(43)39(55-5)34(48)25-19(33(47)38(39,52)27(16)29(45)24(14)36(49)50)12-20-26(28(25)44)21(42)13-22(37(20,51)17-6-8-18(40)9-7-17)41-35-32(54-4)30(46)31(53-3)15(2)56-35/h6-10,12,15,23,30-32,35,43-46,51-52H,11,13H2,1-5H3,(H,49,50)/t15-,23?,30+,31-,32+,35-,37?,38?,39?/m0/s1. The maximum absolute atomic E-state index is 14.9. The maximum Gasteiger partial charge on any atom is 0.339 e. The zero-order valence-corrected chi connectivity index (χ0v) is 30.6. The zero-order chi connectivity index (χ0) is 41.0. The molecule has 4 unspecified atom stereocenters. The highest BCUT2D eigenvalue weighted by Crippen LogP contribution is 2.57. The Kier molecular flexibility index (Phi) is 9.33. The van der Waals surface area contributed by atoms with Gasteiger partial charge in [-0.2, -0.15) is 0 Å². The van der Waals surface area contributed by atoms with E-state index in [2.05, 4.69) is 4.99 Å². The first-order chi connectivity index (χ1) is 26.4. The van der Waals surface area contributed by atoms with Crippen LogP contribution in [0.15, 0.2) is 41.4 Å². The van der Waals surface area contributed by atoms with Crippen molar-refractivity contribution in [3.8, 4) is 11.5 Å². The molecule has 0 saturated carbocycles. The molecule has 296 valence electrons. The van der Waals surface area contributed by atoms with E-state index in [1.54, 1.807) is 6.92 Å². The molecule has 56 heavy (non-hydrogen) atoms. The number of Topliss-reactive ketones (excluding diaryl/α,β-unsaturated/α-hetero) is 3. The van der Waals surface area contributed by atoms with Gasteiger partial charge in [-0.1, -0.05) is 18.2 Å². The van der Waals surface area contributed by atoms with Gasteiger partial charge in [-0.05, 0) is 48.7 Å². The normalized spacial score (nSPS) is 33.1. The number of phenolic OH excluding ortho intramolecular Hbond substituents is 1. The topological polar surface area (TPSA) is 259 Å². The van der Waals surface area contributed by atoms with Gasteiger partial charge in [0.2, 0.25) is 11.6 Å². The van der Waals surface area contributed by atoms with E-state index in [0.717, 1.165) is 37.4 Å². The van der Waals surface area contributed by atoms with Crippen molar-refractivity contribution < 1.29 is 78.3 Å². The van der Waals surface area contributed by atoms with Crippen molar-refractivity contribution >= 4 is 29.0 Å². The fourth-order valence-corrected chi connectivity index (χ4v) is 9.01. The van der Waals surface area contributed by atoms with Gasteiger partial charge >= 0.3 is 5.97 Å². The van der Waals surface area contributed by atoms with Gasteiger partial charge in [0.1, 0.15) is 41.2 Å². The molecule has 3 aromatic rings. The summed E-state index contributed by atoms with van der Waals surface area (Å²) in [5, 5.41) is 81.4. The number of aliphatic hydroxyl groups excluding tert-OH is 2. The largest absolute Gasteiger partial charge is 0.507 e. The number of benzene rings is 3. The number of carboxylic acid groups (broad SMARTS) is 1. The molecule has 16 nitrogen and oxygen atoms in total. The van der Waals surface area contributed by atoms with Crippen LogP contribution in [0, 0.1) is 12.7 Å². The zero-order valence-electron chi connectivity index (χ0n) is 30.6. The van der Waals surface area contributed by atoms with E-state index in [4.69, 9.17) is 18.9 Å². The molecule has 1 saturated heterocycles. The number of fused-ring (bicyclic) bond motifs is 5. The molecule has 3 aliphatic carbocycles. The van der Waals surface area contributed by atoms with Crippen LogP contribution >= 0.6 is 0 Å². The van der Waals surface area contributed by atoms with E-state index in [9.17, 15) is 59.3 Å². The average molecular weight is 780 g/mol. The third-order valence-electron chi connectivity index (χ3n) is 11.6. The number of hydrogen-bond donors (Lipinski definition) is 7. The number of nitrogens with zero attached hydrogens (tertiary/aromatic N) is 1. The average Bonchev–Trinajstić information content (AvgIpc) is 3.12. The molecule has 4 aliphatic rings. The van der Waals surface area contributed by atoms with Crippen molar-refractivity contribution in [1.82, 2.24) is 0 Å². The number of aromatic hydroxyl groups is 2. The summed E-state index contributed by atoms with van der Waals surface area (Å²) in [5.74, 6) is -8.41. The predicted octanol–water partition coefficient (Wildman–Crippen LogP) is 1.21. The van der Waals surface area contributed by atoms with Crippen LogP contribution in [-0.4, -0.2) is 128 Å². The highest BCUT2D eigenvalue weighted by atomic mass is 19.1. The van der Waals surface area contributed by atoms with Gasteiger partial charge in [0.05, 0.1) is 35.5 Å². The molecule has 0 bridgehead atoms. The Morgan fingerprint density at radius 3 is 2.18 bits per heavy atom. The number of ether oxygens (including phenoxy) is 4. The number of carboxylic acids is 1. The molecule has 7 rings (SSSR count). The van der Waals surface area contributed by atoms with Crippen LogP contribution in [-0.2, 0) is 36.6 Å². The number of aliphatic hydroxyl groups is 4. The third kappa shape index (κ3) is 4.96. The van der Waals surface area contributed by atoms with Crippen LogP contribution in [0.5, 0.6) is 11.5 Å². The van der Waals surface area contributed by atoms with Gasteiger partial charge < -0.3 is 54.7 Å². The molecule has 1 fully saturated rings. The van der Waals surface area contributed by atoms with Gasteiger partial charge in [0.25, 0.3) is 0 Å². The molecule has 1 heterocycles. The summed E-state index contributed by atoms with van der Waals surface area (Å²) in [6.07, 6.45) is -8.90. The number of carbonyl (C=O) groups is 4. The monoisotopic (exact) mass is 779 g/mol. The SMILES string of the molecule is CO[C@@H]1[C@@H](O)[C@@H](OC)[C@@H](N=C2CC(=O)c3c(cc4c(c3O)C(=O)C3(OC)C(O)Cc5cc(C)c(C(=O)O)c(O)c5C3(O)C4=O)C2(O)c2ccc(F)cc2)O[C@H]1C. The summed E-state index contributed by atoms with van der Waals surface area (Å²) in [6, 6.07) is 6.34. The molecular weight excluding hydrogens is 741 g/mol. The van der Waals surface area contributed by atoms with Crippen molar-refractivity contribution in [2.75, 3.05) is 21.3 Å². The van der Waals surface area contributed by atoms with Crippen molar-refractivity contribution in [1.29, 1.82) is 0 Å². The quantitative estimate of drug-likeness (QED) is 0.186. The lowest BCUT2D eigenvalue weighted by Gasteiger charge is -2.53. The lowest BCUT2D eigenvalue weighted by Crippen LogP contribution is -2.73. The van der Waals surface area contributed by atoms with Crippen LogP contribution < -0.4 is 0 Å². The second kappa shape index (κ2) is 13.3. The minimum atomic E-state index is -3.36. The van der Waals surface area contributed by atoms with E-state index in [0.29, 0.717) is 0 Å². The third-order valence-corrected chi connectivity index (χ3v) is 11.6. The minimum Gasteiger partial charge on any atom is -0.507 e. The minimum absolute atomic E-state index is 0.00293. The number of ketones is 3. The number of carbonyl (C=O) groups excluding carboxylic acids is 3. The summed E-state index contributed by atoms with van der Waals surface area (Å²) < 4.78 is 36.7. The molecular formula is C39H38FNO15. The van der Waals surface area contributed by atoms with E-state index < -0.39 is 140 Å². The van der Waals surface area contributed by atoms with Gasteiger partial charge in [0, 0.05) is 44.4 Å². The summed E-state index contributed by atoms with van der Waals surface area (Å²) in [4.78, 5) is 60.6. The Morgan fingerprint density at radius 1 is 0.946 bits per heavy atom. The second-order valence-corrected chi connectivity index (χ2v) is 14.4. The molecule has 3 aromatic carbocycles. The summed E-state index contributed by atoms with van der Waals surface area (Å²) in [5.41, 5.74) is -14.0. The number of rotatable bonds is 6. The summed E-state index contributed by atoms with van der Waals surface area (Å²) in [7, 11) is 3.49. The molecule has 0 aromatic heterocycles. The molecule has 0 radical (unpaired) electrons.